The summed E-state index contributed by atoms with van der Waals surface area (Å²) in [5.41, 5.74) is 0.988. The number of anilines is 2. The summed E-state index contributed by atoms with van der Waals surface area (Å²) in [5.74, 6) is 0.559. The quantitative estimate of drug-likeness (QED) is 0.650. The van der Waals surface area contributed by atoms with Crippen LogP contribution in [0.4, 0.5) is 17.5 Å². The topological polar surface area (TPSA) is 93.0 Å². The molecule has 2 heterocycles. The van der Waals surface area contributed by atoms with Gasteiger partial charge in [-0.2, -0.15) is 4.98 Å². The van der Waals surface area contributed by atoms with Gasteiger partial charge in [-0.05, 0) is 32.4 Å². The van der Waals surface area contributed by atoms with Gasteiger partial charge in [-0.15, -0.1) is 11.3 Å². The van der Waals surface area contributed by atoms with E-state index in [1.54, 1.807) is 18.4 Å². The molecule has 0 aliphatic heterocycles. The maximum Gasteiger partial charge on any atom is 0.329 e. The van der Waals surface area contributed by atoms with Crippen molar-refractivity contribution in [2.75, 3.05) is 17.7 Å². The first kappa shape index (κ1) is 15.2. The number of rotatable bonds is 5. The Hall–Kier alpha value is -2.22. The molecule has 8 heteroatoms. The number of nitrogens with zero attached hydrogens (tertiary/aromatic N) is 3. The molecular formula is C13H17N5O2S. The van der Waals surface area contributed by atoms with Crippen LogP contribution in [0.5, 0.6) is 0 Å². The molecule has 2 N–H and O–H groups in total. The molecule has 0 aliphatic rings. The van der Waals surface area contributed by atoms with E-state index in [4.69, 9.17) is 0 Å². The normalized spacial score (nSPS) is 12.0. The summed E-state index contributed by atoms with van der Waals surface area (Å²) < 4.78 is 0. The highest BCUT2D eigenvalue weighted by atomic mass is 32.1. The van der Waals surface area contributed by atoms with E-state index in [-0.39, 0.29) is 17.5 Å². The molecule has 0 aliphatic carbocycles. The van der Waals surface area contributed by atoms with Crippen LogP contribution in [0.3, 0.4) is 0 Å². The molecule has 0 spiro atoms. The third-order valence-electron chi connectivity index (χ3n) is 3.09. The summed E-state index contributed by atoms with van der Waals surface area (Å²) in [5, 5.41) is 17.0. The Morgan fingerprint density at radius 1 is 1.43 bits per heavy atom. The van der Waals surface area contributed by atoms with E-state index in [0.717, 1.165) is 5.56 Å². The van der Waals surface area contributed by atoms with Gasteiger partial charge in [0.1, 0.15) is 6.20 Å². The lowest BCUT2D eigenvalue weighted by molar-refractivity contribution is -0.384. The second-order valence-electron chi connectivity index (χ2n) is 4.67. The second kappa shape index (κ2) is 6.04. The smallest absolute Gasteiger partial charge is 0.329 e. The van der Waals surface area contributed by atoms with Crippen molar-refractivity contribution in [2.24, 2.45) is 0 Å². The Kier molecular flexibility index (Phi) is 4.37. The molecule has 1 atom stereocenters. The fourth-order valence-electron chi connectivity index (χ4n) is 2.10. The summed E-state index contributed by atoms with van der Waals surface area (Å²) in [6.45, 7) is 6.04. The standard InChI is InChI=1S/C13H17N5O2S/c1-7-5-10(9(3)21-7)8(2)16-12-11(18(19)20)6-15-13(14-4)17-12/h5-6,8H,1-4H3,(H2,14,15,16,17). The highest BCUT2D eigenvalue weighted by Gasteiger charge is 2.20. The summed E-state index contributed by atoms with van der Waals surface area (Å²) in [4.78, 5) is 21.0. The lowest BCUT2D eigenvalue weighted by Crippen LogP contribution is -2.11. The van der Waals surface area contributed by atoms with Crippen molar-refractivity contribution in [3.8, 4) is 0 Å². The predicted molar refractivity (Wildman–Crippen MR) is 84.1 cm³/mol. The van der Waals surface area contributed by atoms with Gasteiger partial charge in [0.05, 0.1) is 11.0 Å². The van der Waals surface area contributed by atoms with Gasteiger partial charge in [0, 0.05) is 16.8 Å². The highest BCUT2D eigenvalue weighted by molar-refractivity contribution is 7.12. The molecule has 0 amide bonds. The molecule has 112 valence electrons. The second-order valence-corrected chi connectivity index (χ2v) is 6.13. The van der Waals surface area contributed by atoms with E-state index in [9.17, 15) is 10.1 Å². The molecule has 0 saturated carbocycles. The third kappa shape index (κ3) is 3.27. The van der Waals surface area contributed by atoms with E-state index in [0.29, 0.717) is 5.95 Å². The van der Waals surface area contributed by atoms with E-state index < -0.39 is 4.92 Å². The van der Waals surface area contributed by atoms with Crippen LogP contribution in [0.15, 0.2) is 12.3 Å². The molecule has 2 aromatic rings. The third-order valence-corrected chi connectivity index (χ3v) is 4.07. The monoisotopic (exact) mass is 307 g/mol. The van der Waals surface area contributed by atoms with Crippen LogP contribution in [0, 0.1) is 24.0 Å². The first-order chi connectivity index (χ1) is 9.92. The van der Waals surface area contributed by atoms with Gasteiger partial charge >= 0.3 is 5.69 Å². The summed E-state index contributed by atoms with van der Waals surface area (Å²) in [6.07, 6.45) is 1.21. The van der Waals surface area contributed by atoms with Crippen molar-refractivity contribution in [1.82, 2.24) is 9.97 Å². The van der Waals surface area contributed by atoms with Crippen molar-refractivity contribution in [2.45, 2.75) is 26.8 Å². The summed E-state index contributed by atoms with van der Waals surface area (Å²) in [7, 11) is 1.67. The number of aryl methyl sites for hydroxylation is 2. The van der Waals surface area contributed by atoms with Crippen molar-refractivity contribution in [1.29, 1.82) is 0 Å². The number of nitro groups is 1. The maximum absolute atomic E-state index is 11.1. The molecule has 7 nitrogen and oxygen atoms in total. The fraction of sp³-hybridized carbons (Fsp3) is 0.385. The Balaban J connectivity index is 2.33. The van der Waals surface area contributed by atoms with E-state index >= 15 is 0 Å². The Bertz CT molecular complexity index is 671. The molecule has 0 bridgehead atoms. The van der Waals surface area contributed by atoms with Gasteiger partial charge in [-0.1, -0.05) is 0 Å². The van der Waals surface area contributed by atoms with E-state index in [1.807, 2.05) is 20.8 Å². The van der Waals surface area contributed by atoms with Crippen LogP contribution >= 0.6 is 11.3 Å². The largest absolute Gasteiger partial charge is 0.358 e. The van der Waals surface area contributed by atoms with Gasteiger partial charge < -0.3 is 10.6 Å². The van der Waals surface area contributed by atoms with Crippen LogP contribution in [-0.4, -0.2) is 21.9 Å². The van der Waals surface area contributed by atoms with Crippen LogP contribution in [0.1, 0.15) is 28.3 Å². The van der Waals surface area contributed by atoms with Crippen LogP contribution in [0.2, 0.25) is 0 Å². The average Bonchev–Trinajstić information content (AvgIpc) is 2.77. The van der Waals surface area contributed by atoms with E-state index in [1.165, 1.54) is 16.0 Å². The first-order valence-electron chi connectivity index (χ1n) is 6.45. The number of hydrogen-bond donors (Lipinski definition) is 2. The lowest BCUT2D eigenvalue weighted by atomic mass is 10.1. The Morgan fingerprint density at radius 2 is 2.14 bits per heavy atom. The van der Waals surface area contributed by atoms with Gasteiger partial charge in [0.25, 0.3) is 0 Å². The van der Waals surface area contributed by atoms with Crippen molar-refractivity contribution in [3.63, 3.8) is 0 Å². The Labute approximate surface area is 126 Å². The number of hydrogen-bond acceptors (Lipinski definition) is 7. The van der Waals surface area contributed by atoms with Gasteiger partial charge in [-0.25, -0.2) is 4.98 Å². The minimum Gasteiger partial charge on any atom is -0.358 e. The minimum absolute atomic E-state index is 0.0757. The molecule has 0 fully saturated rings. The van der Waals surface area contributed by atoms with E-state index in [2.05, 4.69) is 26.7 Å². The van der Waals surface area contributed by atoms with Gasteiger partial charge in [0.2, 0.25) is 11.8 Å². The van der Waals surface area contributed by atoms with Gasteiger partial charge in [0.15, 0.2) is 0 Å². The van der Waals surface area contributed by atoms with Crippen LogP contribution < -0.4 is 10.6 Å². The van der Waals surface area contributed by atoms with Crippen molar-refractivity contribution in [3.05, 3.63) is 37.7 Å². The molecule has 2 aromatic heterocycles. The first-order valence-corrected chi connectivity index (χ1v) is 7.26. The fourth-order valence-corrected chi connectivity index (χ4v) is 3.12. The molecule has 1 unspecified atom stereocenters. The van der Waals surface area contributed by atoms with Crippen molar-refractivity contribution >= 4 is 28.8 Å². The summed E-state index contributed by atoms with van der Waals surface area (Å²) in [6, 6.07) is 2.01. The minimum atomic E-state index is -0.486. The zero-order valence-electron chi connectivity index (χ0n) is 12.3. The number of nitrogens with one attached hydrogen (secondary N) is 2. The number of thiophene rings is 1. The Morgan fingerprint density at radius 3 is 2.67 bits per heavy atom. The van der Waals surface area contributed by atoms with Crippen molar-refractivity contribution < 1.29 is 4.92 Å². The molecule has 0 radical (unpaired) electrons. The summed E-state index contributed by atoms with van der Waals surface area (Å²) >= 11 is 1.71. The average molecular weight is 307 g/mol. The highest BCUT2D eigenvalue weighted by Crippen LogP contribution is 2.31. The van der Waals surface area contributed by atoms with Gasteiger partial charge in [-0.3, -0.25) is 10.1 Å². The number of aromatic nitrogens is 2. The predicted octanol–water partition coefficient (Wildman–Crippen LogP) is 3.28. The maximum atomic E-state index is 11.1. The molecule has 21 heavy (non-hydrogen) atoms. The van der Waals surface area contributed by atoms with Crippen LogP contribution in [-0.2, 0) is 0 Å². The zero-order chi connectivity index (χ0) is 15.6. The lowest BCUT2D eigenvalue weighted by Gasteiger charge is -2.15. The molecule has 0 aromatic carbocycles. The molecule has 2 rings (SSSR count). The SMILES string of the molecule is CNc1ncc([N+](=O)[O-])c(NC(C)c2cc(C)sc2C)n1. The zero-order valence-corrected chi connectivity index (χ0v) is 13.1. The molecular weight excluding hydrogens is 290 g/mol. The molecule has 0 saturated heterocycles. The van der Waals surface area contributed by atoms with Crippen LogP contribution in [0.25, 0.3) is 0 Å².